The van der Waals surface area contributed by atoms with Crippen LogP contribution >= 0.6 is 22.9 Å². The van der Waals surface area contributed by atoms with E-state index in [2.05, 4.69) is 9.36 Å². The Bertz CT molecular complexity index is 1050. The molecule has 3 aromatic rings. The molecule has 11 heteroatoms. The zero-order valence-corrected chi connectivity index (χ0v) is 17.4. The number of nitrogens with zero attached hydrogens (tertiary/aromatic N) is 2. The minimum atomic E-state index is -4.70. The number of benzene rings is 1. The minimum Gasteiger partial charge on any atom is -0.483 e. The number of carbonyl (C=O) groups is 1. The largest absolute Gasteiger partial charge is 0.483 e. The van der Waals surface area contributed by atoms with Gasteiger partial charge >= 0.3 is 6.18 Å². The highest BCUT2D eigenvalue weighted by Crippen LogP contribution is 2.41. The van der Waals surface area contributed by atoms with Gasteiger partial charge in [-0.3, -0.25) is 0 Å². The van der Waals surface area contributed by atoms with E-state index in [1.165, 1.54) is 13.1 Å². The highest BCUT2D eigenvalue weighted by Gasteiger charge is 2.38. The number of alkyl halides is 3. The van der Waals surface area contributed by atoms with Crippen LogP contribution in [0.1, 0.15) is 34.2 Å². The molecule has 160 valence electrons. The van der Waals surface area contributed by atoms with E-state index in [1.807, 2.05) is 0 Å². The second kappa shape index (κ2) is 8.76. The van der Waals surface area contributed by atoms with Gasteiger partial charge in [0.05, 0.1) is 0 Å². The van der Waals surface area contributed by atoms with Gasteiger partial charge in [-0.2, -0.15) is 17.5 Å². The fourth-order valence-electron chi connectivity index (χ4n) is 2.66. The SMILES string of the molecule is CC(=O)CCc1cc(F)c(OCc2c(-c3ncc(C)s3)nsc2C(F)(F)F)c(F)c1. The molecule has 0 fully saturated rings. The lowest BCUT2D eigenvalue weighted by Crippen LogP contribution is -2.09. The Morgan fingerprint density at radius 3 is 2.40 bits per heavy atom. The zero-order chi connectivity index (χ0) is 22.1. The van der Waals surface area contributed by atoms with E-state index in [-0.39, 0.29) is 52.0 Å². The molecule has 30 heavy (non-hydrogen) atoms. The Kier molecular flexibility index (Phi) is 6.51. The lowest BCUT2D eigenvalue weighted by molar-refractivity contribution is -0.135. The molecule has 0 aliphatic heterocycles. The molecule has 3 rings (SSSR count). The molecule has 0 aliphatic carbocycles. The first kappa shape index (κ1) is 22.3. The molecule has 0 aliphatic rings. The summed E-state index contributed by atoms with van der Waals surface area (Å²) < 4.78 is 77.8. The van der Waals surface area contributed by atoms with E-state index in [0.717, 1.165) is 28.3 Å². The van der Waals surface area contributed by atoms with E-state index < -0.39 is 35.0 Å². The van der Waals surface area contributed by atoms with Gasteiger partial charge in [-0.1, -0.05) is 0 Å². The van der Waals surface area contributed by atoms with E-state index in [1.54, 1.807) is 6.92 Å². The Labute approximate surface area is 176 Å². The maximum absolute atomic E-state index is 14.3. The molecular formula is C19H15F5N2O2S2. The predicted octanol–water partition coefficient (Wildman–Crippen LogP) is 5.97. The van der Waals surface area contributed by atoms with Crippen molar-refractivity contribution in [2.75, 3.05) is 0 Å². The van der Waals surface area contributed by atoms with Crippen molar-refractivity contribution in [2.45, 2.75) is 39.5 Å². The topological polar surface area (TPSA) is 52.1 Å². The summed E-state index contributed by atoms with van der Waals surface area (Å²) in [4.78, 5) is 14.8. The third kappa shape index (κ3) is 5.01. The molecule has 1 aromatic carbocycles. The quantitative estimate of drug-likeness (QED) is 0.406. The minimum absolute atomic E-state index is 0.0238. The van der Waals surface area contributed by atoms with Crippen molar-refractivity contribution in [3.63, 3.8) is 0 Å². The number of rotatable bonds is 7. The number of carbonyl (C=O) groups excluding carboxylic acids is 1. The van der Waals surface area contributed by atoms with Crippen LogP contribution in [-0.4, -0.2) is 15.1 Å². The number of aryl methyl sites for hydroxylation is 2. The van der Waals surface area contributed by atoms with E-state index >= 15 is 0 Å². The maximum atomic E-state index is 14.3. The number of halogens is 5. The highest BCUT2D eigenvalue weighted by molar-refractivity contribution is 7.15. The Morgan fingerprint density at radius 2 is 1.87 bits per heavy atom. The second-order valence-corrected chi connectivity index (χ2v) is 8.50. The van der Waals surface area contributed by atoms with Crippen molar-refractivity contribution in [3.8, 4) is 16.5 Å². The van der Waals surface area contributed by atoms with Gasteiger partial charge in [-0.25, -0.2) is 13.8 Å². The van der Waals surface area contributed by atoms with Crippen LogP contribution in [0.3, 0.4) is 0 Å². The number of aromatic nitrogens is 2. The predicted molar refractivity (Wildman–Crippen MR) is 103 cm³/mol. The van der Waals surface area contributed by atoms with Crippen LogP contribution in [0, 0.1) is 18.6 Å². The average Bonchev–Trinajstić information content (AvgIpc) is 3.25. The van der Waals surface area contributed by atoms with Crippen molar-refractivity contribution in [3.05, 3.63) is 50.8 Å². The molecule has 2 heterocycles. The molecule has 0 saturated carbocycles. The Morgan fingerprint density at radius 1 is 1.20 bits per heavy atom. The molecule has 0 atom stereocenters. The fraction of sp³-hybridized carbons (Fsp3) is 0.316. The molecule has 0 radical (unpaired) electrons. The molecule has 0 N–H and O–H groups in total. The van der Waals surface area contributed by atoms with Crippen LogP contribution in [0.2, 0.25) is 0 Å². The maximum Gasteiger partial charge on any atom is 0.427 e. The van der Waals surface area contributed by atoms with Gasteiger partial charge in [0.15, 0.2) is 17.4 Å². The molecule has 0 saturated heterocycles. The van der Waals surface area contributed by atoms with Crippen LogP contribution in [-0.2, 0) is 24.0 Å². The first-order chi connectivity index (χ1) is 14.1. The summed E-state index contributed by atoms with van der Waals surface area (Å²) in [6.45, 7) is 2.37. The van der Waals surface area contributed by atoms with E-state index in [9.17, 15) is 26.7 Å². The Hall–Kier alpha value is -2.40. The lowest BCUT2D eigenvalue weighted by Gasteiger charge is -2.12. The first-order valence-electron chi connectivity index (χ1n) is 8.65. The molecule has 0 unspecified atom stereocenters. The molecule has 4 nitrogen and oxygen atoms in total. The third-order valence-corrected chi connectivity index (χ3v) is 5.91. The van der Waals surface area contributed by atoms with Gasteiger partial charge in [0, 0.05) is 23.1 Å². The third-order valence-electron chi connectivity index (χ3n) is 4.05. The van der Waals surface area contributed by atoms with Gasteiger partial charge in [0.1, 0.15) is 28.0 Å². The summed E-state index contributed by atoms with van der Waals surface area (Å²) in [5.74, 6) is -3.04. The number of Topliss-reactive ketones (excluding diaryl/α,β-unsaturated/α-hetero) is 1. The van der Waals surface area contributed by atoms with Gasteiger partial charge < -0.3 is 9.53 Å². The van der Waals surface area contributed by atoms with E-state index in [4.69, 9.17) is 4.74 Å². The standard InChI is InChI=1S/C19H15F5N2O2S2/c1-9(27)3-4-11-5-13(20)16(14(21)6-11)28-8-12-15(18-25-7-10(2)29-18)26-30-17(12)19(22,23)24/h5-7H,3-4,8H2,1-2H3. The zero-order valence-electron chi connectivity index (χ0n) is 15.8. The summed E-state index contributed by atoms with van der Waals surface area (Å²) in [6, 6.07) is 2.01. The van der Waals surface area contributed by atoms with Gasteiger partial charge in [0.2, 0.25) is 0 Å². The molecule has 0 amide bonds. The molecule has 0 spiro atoms. The summed E-state index contributed by atoms with van der Waals surface area (Å²) in [7, 11) is 0. The summed E-state index contributed by atoms with van der Waals surface area (Å²) >= 11 is 1.39. The molecule has 2 aromatic heterocycles. The molecule has 0 bridgehead atoms. The Balaban J connectivity index is 1.90. The van der Waals surface area contributed by atoms with Crippen LogP contribution < -0.4 is 4.74 Å². The van der Waals surface area contributed by atoms with Crippen LogP contribution in [0.15, 0.2) is 18.3 Å². The van der Waals surface area contributed by atoms with Crippen molar-refractivity contribution < 1.29 is 31.5 Å². The monoisotopic (exact) mass is 462 g/mol. The lowest BCUT2D eigenvalue weighted by atomic mass is 10.1. The van der Waals surface area contributed by atoms with Crippen molar-refractivity contribution >= 4 is 28.7 Å². The number of ether oxygens (including phenoxy) is 1. The van der Waals surface area contributed by atoms with Gasteiger partial charge in [0.25, 0.3) is 0 Å². The van der Waals surface area contributed by atoms with Crippen LogP contribution in [0.5, 0.6) is 5.75 Å². The number of hydrogen-bond acceptors (Lipinski definition) is 6. The number of ketones is 1. The van der Waals surface area contributed by atoms with Crippen molar-refractivity contribution in [1.29, 1.82) is 0 Å². The van der Waals surface area contributed by atoms with E-state index in [0.29, 0.717) is 0 Å². The summed E-state index contributed by atoms with van der Waals surface area (Å²) in [6.07, 6.45) is -2.94. The average molecular weight is 462 g/mol. The van der Waals surface area contributed by atoms with Gasteiger partial charge in [-0.15, -0.1) is 11.3 Å². The number of hydrogen-bond donors (Lipinski definition) is 0. The fourth-order valence-corrected chi connectivity index (χ4v) is 4.25. The smallest absolute Gasteiger partial charge is 0.427 e. The van der Waals surface area contributed by atoms with Crippen LogP contribution in [0.4, 0.5) is 22.0 Å². The van der Waals surface area contributed by atoms with Crippen molar-refractivity contribution in [1.82, 2.24) is 9.36 Å². The number of thiazole rings is 1. The summed E-state index contributed by atoms with van der Waals surface area (Å²) in [5.41, 5.74) is -0.106. The van der Waals surface area contributed by atoms with Crippen LogP contribution in [0.25, 0.3) is 10.7 Å². The normalized spacial score (nSPS) is 11.7. The molecular weight excluding hydrogens is 447 g/mol. The first-order valence-corrected chi connectivity index (χ1v) is 10.2. The summed E-state index contributed by atoms with van der Waals surface area (Å²) in [5, 5.41) is 0.262. The second-order valence-electron chi connectivity index (χ2n) is 6.49. The highest BCUT2D eigenvalue weighted by atomic mass is 32.1. The van der Waals surface area contributed by atoms with Crippen molar-refractivity contribution in [2.24, 2.45) is 0 Å². The van der Waals surface area contributed by atoms with Gasteiger partial charge in [-0.05, 0) is 49.5 Å².